The second-order valence-electron chi connectivity index (χ2n) is 6.48. The molecule has 0 spiro atoms. The number of nitro benzene ring substituents is 1. The van der Waals surface area contributed by atoms with Gasteiger partial charge in [-0.1, -0.05) is 12.1 Å². The maximum absolute atomic E-state index is 13.0. The molecule has 0 unspecified atom stereocenters. The lowest BCUT2D eigenvalue weighted by atomic mass is 10.2. The molecule has 152 valence electrons. The fraction of sp³-hybridized carbons (Fsp3) is 0.211. The number of nitrogens with zero attached hydrogens (tertiary/aromatic N) is 4. The van der Waals surface area contributed by atoms with E-state index in [0.29, 0.717) is 5.75 Å². The van der Waals surface area contributed by atoms with E-state index in [9.17, 15) is 18.5 Å². The summed E-state index contributed by atoms with van der Waals surface area (Å²) in [5.41, 5.74) is 1.43. The summed E-state index contributed by atoms with van der Waals surface area (Å²) >= 11 is 0. The van der Waals surface area contributed by atoms with Crippen molar-refractivity contribution in [3.63, 3.8) is 0 Å². The van der Waals surface area contributed by atoms with E-state index < -0.39 is 14.9 Å². The molecule has 0 atom stereocenters. The minimum Gasteiger partial charge on any atom is -0.497 e. The molecule has 3 aromatic rings. The highest BCUT2D eigenvalue weighted by Gasteiger charge is 2.25. The summed E-state index contributed by atoms with van der Waals surface area (Å²) in [4.78, 5) is 10.8. The van der Waals surface area contributed by atoms with Gasteiger partial charge in [0.2, 0.25) is 10.0 Å². The molecule has 0 bridgehead atoms. The Kier molecular flexibility index (Phi) is 5.66. The van der Waals surface area contributed by atoms with E-state index in [-0.39, 0.29) is 22.8 Å². The molecule has 0 radical (unpaired) electrons. The van der Waals surface area contributed by atoms with Gasteiger partial charge in [-0.2, -0.15) is 9.40 Å². The summed E-state index contributed by atoms with van der Waals surface area (Å²) in [5.74, 6) is 0.675. The summed E-state index contributed by atoms with van der Waals surface area (Å²) in [6, 6.07) is 10.7. The van der Waals surface area contributed by atoms with Crippen LogP contribution in [0.3, 0.4) is 0 Å². The van der Waals surface area contributed by atoms with Gasteiger partial charge in [0.1, 0.15) is 11.4 Å². The van der Waals surface area contributed by atoms with Gasteiger partial charge in [0.15, 0.2) is 0 Å². The zero-order valence-electron chi connectivity index (χ0n) is 16.1. The smallest absolute Gasteiger partial charge is 0.294 e. The number of rotatable bonds is 7. The summed E-state index contributed by atoms with van der Waals surface area (Å²) in [7, 11) is -0.869. The first-order valence-electron chi connectivity index (χ1n) is 8.61. The Morgan fingerprint density at radius 2 is 1.90 bits per heavy atom. The van der Waals surface area contributed by atoms with Gasteiger partial charge in [0, 0.05) is 25.9 Å². The van der Waals surface area contributed by atoms with Crippen molar-refractivity contribution in [3.8, 4) is 11.4 Å². The van der Waals surface area contributed by atoms with E-state index in [2.05, 4.69) is 5.10 Å². The van der Waals surface area contributed by atoms with E-state index in [1.807, 2.05) is 0 Å². The van der Waals surface area contributed by atoms with Crippen molar-refractivity contribution in [2.24, 2.45) is 0 Å². The van der Waals surface area contributed by atoms with Gasteiger partial charge in [-0.25, -0.2) is 13.1 Å². The highest BCUT2D eigenvalue weighted by atomic mass is 32.2. The Labute approximate surface area is 168 Å². The van der Waals surface area contributed by atoms with Crippen LogP contribution in [0.5, 0.6) is 5.75 Å². The van der Waals surface area contributed by atoms with E-state index in [4.69, 9.17) is 4.74 Å². The lowest BCUT2D eigenvalue weighted by Crippen LogP contribution is -2.26. The monoisotopic (exact) mass is 416 g/mol. The van der Waals surface area contributed by atoms with Crippen LogP contribution in [-0.2, 0) is 16.6 Å². The Bertz CT molecular complexity index is 1140. The quantitative estimate of drug-likeness (QED) is 0.433. The molecule has 9 nitrogen and oxygen atoms in total. The van der Waals surface area contributed by atoms with Crippen molar-refractivity contribution in [1.29, 1.82) is 0 Å². The second-order valence-corrected chi connectivity index (χ2v) is 8.52. The predicted molar refractivity (Wildman–Crippen MR) is 107 cm³/mol. The van der Waals surface area contributed by atoms with Gasteiger partial charge in [0.25, 0.3) is 5.69 Å². The molecule has 1 heterocycles. The molecule has 1 aromatic heterocycles. The first-order valence-corrected chi connectivity index (χ1v) is 10.1. The van der Waals surface area contributed by atoms with E-state index in [1.54, 1.807) is 50.7 Å². The average Bonchev–Trinajstić information content (AvgIpc) is 3.14. The normalized spacial score (nSPS) is 11.6. The van der Waals surface area contributed by atoms with Crippen LogP contribution < -0.4 is 4.74 Å². The molecule has 0 fully saturated rings. The highest BCUT2D eigenvalue weighted by molar-refractivity contribution is 7.89. The predicted octanol–water partition coefficient (Wildman–Crippen LogP) is 2.92. The molecular weight excluding hydrogens is 396 g/mol. The fourth-order valence-electron chi connectivity index (χ4n) is 2.80. The molecule has 0 aliphatic heterocycles. The van der Waals surface area contributed by atoms with Gasteiger partial charge in [-0.05, 0) is 42.3 Å². The zero-order chi connectivity index (χ0) is 21.2. The van der Waals surface area contributed by atoms with Gasteiger partial charge < -0.3 is 4.74 Å². The van der Waals surface area contributed by atoms with Crippen molar-refractivity contribution in [2.45, 2.75) is 18.4 Å². The average molecular weight is 416 g/mol. The maximum atomic E-state index is 13.0. The molecule has 0 N–H and O–H groups in total. The van der Waals surface area contributed by atoms with Crippen LogP contribution in [0, 0.1) is 17.0 Å². The fourth-order valence-corrected chi connectivity index (χ4v) is 3.98. The summed E-state index contributed by atoms with van der Waals surface area (Å²) in [5, 5.41) is 15.5. The van der Waals surface area contributed by atoms with E-state index >= 15 is 0 Å². The lowest BCUT2D eigenvalue weighted by Gasteiger charge is -2.18. The number of aryl methyl sites for hydroxylation is 1. The SMILES string of the molecule is COc1ccc(CN(C)S(=O)(=O)c2ccc([N+](=O)[O-])c(-n3cc(C)cn3)c2)cc1. The van der Waals surface area contributed by atoms with Crippen molar-refractivity contribution in [3.05, 3.63) is 76.1 Å². The lowest BCUT2D eigenvalue weighted by molar-refractivity contribution is -0.384. The first kappa shape index (κ1) is 20.5. The van der Waals surface area contributed by atoms with Gasteiger partial charge >= 0.3 is 0 Å². The number of hydrogen-bond acceptors (Lipinski definition) is 6. The van der Waals surface area contributed by atoms with Crippen molar-refractivity contribution >= 4 is 15.7 Å². The second kappa shape index (κ2) is 8.02. The zero-order valence-corrected chi connectivity index (χ0v) is 17.0. The van der Waals surface area contributed by atoms with E-state index in [1.165, 1.54) is 34.2 Å². The molecule has 0 saturated carbocycles. The Morgan fingerprint density at radius 3 is 2.45 bits per heavy atom. The van der Waals surface area contributed by atoms with Gasteiger partial charge in [-0.15, -0.1) is 0 Å². The van der Waals surface area contributed by atoms with Crippen molar-refractivity contribution < 1.29 is 18.1 Å². The number of aromatic nitrogens is 2. The summed E-state index contributed by atoms with van der Waals surface area (Å²) < 4.78 is 33.7. The molecular formula is C19H20N4O5S. The molecule has 3 rings (SSSR count). The number of nitro groups is 1. The largest absolute Gasteiger partial charge is 0.497 e. The minimum absolute atomic E-state index is 0.0535. The van der Waals surface area contributed by atoms with Crippen LogP contribution in [0.2, 0.25) is 0 Å². The number of sulfonamides is 1. The number of methoxy groups -OCH3 is 1. The maximum Gasteiger partial charge on any atom is 0.294 e. The standard InChI is InChI=1S/C19H20N4O5S/c1-14-11-20-22(12-14)19-10-17(8-9-18(19)23(24)25)29(26,27)21(2)13-15-4-6-16(28-3)7-5-15/h4-12H,13H2,1-3H3. The minimum atomic E-state index is -3.88. The Balaban J connectivity index is 1.96. The third-order valence-electron chi connectivity index (χ3n) is 4.37. The third-order valence-corrected chi connectivity index (χ3v) is 6.17. The summed E-state index contributed by atoms with van der Waals surface area (Å²) in [6.07, 6.45) is 3.14. The highest BCUT2D eigenvalue weighted by Crippen LogP contribution is 2.28. The number of ether oxygens (including phenoxy) is 1. The van der Waals surface area contributed by atoms with Crippen molar-refractivity contribution in [1.82, 2.24) is 14.1 Å². The van der Waals surface area contributed by atoms with Crippen molar-refractivity contribution in [2.75, 3.05) is 14.2 Å². The van der Waals surface area contributed by atoms with Gasteiger partial charge in [-0.3, -0.25) is 10.1 Å². The van der Waals surface area contributed by atoms with Crippen LogP contribution in [0.25, 0.3) is 5.69 Å². The van der Waals surface area contributed by atoms with Crippen LogP contribution in [0.15, 0.2) is 59.8 Å². The number of benzene rings is 2. The molecule has 2 aromatic carbocycles. The molecule has 0 aliphatic carbocycles. The molecule has 0 aliphatic rings. The van der Waals surface area contributed by atoms with E-state index in [0.717, 1.165) is 11.1 Å². The van der Waals surface area contributed by atoms with Crippen LogP contribution in [0.1, 0.15) is 11.1 Å². The Hall–Kier alpha value is -3.24. The molecule has 10 heteroatoms. The van der Waals surface area contributed by atoms with Crippen LogP contribution >= 0.6 is 0 Å². The molecule has 0 amide bonds. The molecule has 29 heavy (non-hydrogen) atoms. The Morgan fingerprint density at radius 1 is 1.21 bits per heavy atom. The molecule has 0 saturated heterocycles. The first-order chi connectivity index (χ1) is 13.7. The van der Waals surface area contributed by atoms with Crippen LogP contribution in [-0.4, -0.2) is 41.6 Å². The van der Waals surface area contributed by atoms with Gasteiger partial charge in [0.05, 0.1) is 23.1 Å². The number of hydrogen-bond donors (Lipinski definition) is 0. The topological polar surface area (TPSA) is 108 Å². The summed E-state index contributed by atoms with van der Waals surface area (Å²) in [6.45, 7) is 1.93. The van der Waals surface area contributed by atoms with Crippen LogP contribution in [0.4, 0.5) is 5.69 Å². The third kappa shape index (κ3) is 4.28.